The second kappa shape index (κ2) is 3.61. The van der Waals surface area contributed by atoms with Gasteiger partial charge in [-0.1, -0.05) is 0 Å². The van der Waals surface area contributed by atoms with Crippen molar-refractivity contribution in [3.63, 3.8) is 0 Å². The van der Waals surface area contributed by atoms with Gasteiger partial charge in [0.1, 0.15) is 0 Å². The summed E-state index contributed by atoms with van der Waals surface area (Å²) in [4.78, 5) is 14.0. The molecule has 3 N–H and O–H groups in total. The summed E-state index contributed by atoms with van der Waals surface area (Å²) in [6.07, 6.45) is 2.08. The Kier molecular flexibility index (Phi) is 2.69. The van der Waals surface area contributed by atoms with Gasteiger partial charge in [0.25, 0.3) is 0 Å². The third kappa shape index (κ3) is 1.65. The van der Waals surface area contributed by atoms with E-state index in [4.69, 9.17) is 5.73 Å². The zero-order valence-electron chi connectivity index (χ0n) is 8.74. The van der Waals surface area contributed by atoms with E-state index in [1.165, 1.54) is 0 Å². The van der Waals surface area contributed by atoms with Gasteiger partial charge in [-0.2, -0.15) is 0 Å². The first kappa shape index (κ1) is 11.2. The highest BCUT2D eigenvalue weighted by Gasteiger charge is 2.62. The lowest BCUT2D eigenvalue weighted by molar-refractivity contribution is -0.132. The molecule has 1 unspecified atom stereocenters. The number of nitrogens with one attached hydrogen (secondary N) is 1. The summed E-state index contributed by atoms with van der Waals surface area (Å²) in [6.45, 7) is 3.74. The van der Waals surface area contributed by atoms with E-state index in [0.717, 1.165) is 39.0 Å². The molecule has 86 valence electrons. The fourth-order valence-corrected chi connectivity index (χ4v) is 2.74. The molecule has 3 fully saturated rings. The van der Waals surface area contributed by atoms with Crippen molar-refractivity contribution in [1.29, 1.82) is 0 Å². The lowest BCUT2D eigenvalue weighted by Gasteiger charge is -2.29. The number of hydrogen-bond donors (Lipinski definition) is 2. The van der Waals surface area contributed by atoms with E-state index in [-0.39, 0.29) is 18.4 Å². The second-order valence-corrected chi connectivity index (χ2v) is 5.06. The highest BCUT2D eigenvalue weighted by molar-refractivity contribution is 5.85. The normalized spacial score (nSPS) is 35.9. The predicted molar refractivity (Wildman–Crippen MR) is 59.8 cm³/mol. The minimum Gasteiger partial charge on any atom is -0.341 e. The SMILES string of the molecule is Cl.N[C@@H]1CCN(C(=O)C2CC23CNC3)C1. The molecule has 1 aliphatic carbocycles. The Morgan fingerprint density at radius 1 is 1.47 bits per heavy atom. The van der Waals surface area contributed by atoms with E-state index in [1.54, 1.807) is 0 Å². The number of rotatable bonds is 1. The molecule has 15 heavy (non-hydrogen) atoms. The van der Waals surface area contributed by atoms with Crippen LogP contribution in [-0.4, -0.2) is 43.0 Å². The van der Waals surface area contributed by atoms with Crippen molar-refractivity contribution in [2.24, 2.45) is 17.1 Å². The molecule has 0 aromatic carbocycles. The van der Waals surface area contributed by atoms with E-state index < -0.39 is 0 Å². The topological polar surface area (TPSA) is 58.4 Å². The lowest BCUT2D eigenvalue weighted by atomic mass is 9.96. The molecule has 2 aliphatic heterocycles. The zero-order chi connectivity index (χ0) is 9.76. The number of halogens is 1. The molecule has 1 saturated carbocycles. The van der Waals surface area contributed by atoms with Gasteiger partial charge in [-0.15, -0.1) is 12.4 Å². The smallest absolute Gasteiger partial charge is 0.226 e. The van der Waals surface area contributed by atoms with E-state index in [2.05, 4.69) is 5.32 Å². The molecule has 0 bridgehead atoms. The summed E-state index contributed by atoms with van der Waals surface area (Å²) in [5.41, 5.74) is 6.16. The van der Waals surface area contributed by atoms with Crippen molar-refractivity contribution in [3.8, 4) is 0 Å². The third-order valence-corrected chi connectivity index (χ3v) is 3.98. The van der Waals surface area contributed by atoms with Gasteiger partial charge in [-0.25, -0.2) is 0 Å². The lowest BCUT2D eigenvalue weighted by Crippen LogP contribution is -2.47. The van der Waals surface area contributed by atoms with Crippen LogP contribution in [0, 0.1) is 11.3 Å². The van der Waals surface area contributed by atoms with E-state index in [0.29, 0.717) is 17.2 Å². The van der Waals surface area contributed by atoms with Crippen molar-refractivity contribution < 1.29 is 4.79 Å². The van der Waals surface area contributed by atoms with Crippen molar-refractivity contribution in [2.75, 3.05) is 26.2 Å². The van der Waals surface area contributed by atoms with Crippen LogP contribution in [0.5, 0.6) is 0 Å². The van der Waals surface area contributed by atoms with E-state index >= 15 is 0 Å². The van der Waals surface area contributed by atoms with Crippen LogP contribution in [0.1, 0.15) is 12.8 Å². The quantitative estimate of drug-likeness (QED) is 0.645. The zero-order valence-corrected chi connectivity index (χ0v) is 9.55. The van der Waals surface area contributed by atoms with Gasteiger partial charge in [-0.05, 0) is 12.8 Å². The molecule has 0 aromatic rings. The van der Waals surface area contributed by atoms with Gasteiger partial charge in [0, 0.05) is 43.6 Å². The molecule has 4 nitrogen and oxygen atoms in total. The Balaban J connectivity index is 0.000000853. The van der Waals surface area contributed by atoms with Gasteiger partial charge in [0.2, 0.25) is 5.91 Å². The van der Waals surface area contributed by atoms with Crippen molar-refractivity contribution in [1.82, 2.24) is 10.2 Å². The van der Waals surface area contributed by atoms with Gasteiger partial charge in [-0.3, -0.25) is 4.79 Å². The summed E-state index contributed by atoms with van der Waals surface area (Å²) in [5, 5.41) is 3.25. The molecule has 0 radical (unpaired) electrons. The van der Waals surface area contributed by atoms with Gasteiger partial charge in [0.15, 0.2) is 0 Å². The molecule has 2 saturated heterocycles. The highest BCUT2D eigenvalue weighted by atomic mass is 35.5. The maximum Gasteiger partial charge on any atom is 0.226 e. The molecular weight excluding hydrogens is 214 g/mol. The Morgan fingerprint density at radius 3 is 2.60 bits per heavy atom. The molecule has 1 spiro atoms. The molecule has 2 atom stereocenters. The molecule has 5 heteroatoms. The standard InChI is InChI=1S/C10H17N3O.ClH/c11-7-1-2-13(4-7)9(14)8-3-10(8)5-12-6-10;/h7-8,12H,1-6,11H2;1H/t7-,8?;/m1./s1. The molecule has 0 aromatic heterocycles. The molecule has 3 rings (SSSR count). The average molecular weight is 232 g/mol. The van der Waals surface area contributed by atoms with Crippen LogP contribution in [0.25, 0.3) is 0 Å². The average Bonchev–Trinajstić information content (AvgIpc) is 2.75. The predicted octanol–water partition coefficient (Wildman–Crippen LogP) is -0.423. The number of likely N-dealkylation sites (tertiary alicyclic amines) is 1. The molecule has 1 amide bonds. The van der Waals surface area contributed by atoms with E-state index in [9.17, 15) is 4.79 Å². The summed E-state index contributed by atoms with van der Waals surface area (Å²) < 4.78 is 0. The maximum absolute atomic E-state index is 12.0. The minimum absolute atomic E-state index is 0. The fraction of sp³-hybridized carbons (Fsp3) is 0.900. The van der Waals surface area contributed by atoms with Crippen LogP contribution in [0.15, 0.2) is 0 Å². The second-order valence-electron chi connectivity index (χ2n) is 5.06. The third-order valence-electron chi connectivity index (χ3n) is 3.98. The monoisotopic (exact) mass is 231 g/mol. The summed E-state index contributed by atoms with van der Waals surface area (Å²) in [6, 6.07) is 0.216. The highest BCUT2D eigenvalue weighted by Crippen LogP contribution is 2.56. The maximum atomic E-state index is 12.0. The van der Waals surface area contributed by atoms with Crippen LogP contribution in [-0.2, 0) is 4.79 Å². The summed E-state index contributed by atoms with van der Waals surface area (Å²) in [5.74, 6) is 0.675. The minimum atomic E-state index is 0. The molecular formula is C10H18ClN3O. The van der Waals surface area contributed by atoms with Gasteiger partial charge >= 0.3 is 0 Å². The summed E-state index contributed by atoms with van der Waals surface area (Å²) in [7, 11) is 0. The van der Waals surface area contributed by atoms with E-state index in [1.807, 2.05) is 4.90 Å². The van der Waals surface area contributed by atoms with Crippen molar-refractivity contribution >= 4 is 18.3 Å². The first-order chi connectivity index (χ1) is 6.71. The van der Waals surface area contributed by atoms with Crippen LogP contribution in [0.4, 0.5) is 0 Å². The van der Waals surface area contributed by atoms with Crippen LogP contribution < -0.4 is 11.1 Å². The Bertz CT molecular complexity index is 274. The number of nitrogens with zero attached hydrogens (tertiary/aromatic N) is 1. The number of hydrogen-bond acceptors (Lipinski definition) is 3. The molecule has 3 aliphatic rings. The first-order valence-corrected chi connectivity index (χ1v) is 5.46. The van der Waals surface area contributed by atoms with Crippen LogP contribution in [0.3, 0.4) is 0 Å². The fourth-order valence-electron chi connectivity index (χ4n) is 2.74. The van der Waals surface area contributed by atoms with Crippen LogP contribution in [0.2, 0.25) is 0 Å². The number of carbonyl (C=O) groups is 1. The van der Waals surface area contributed by atoms with Gasteiger partial charge in [0.05, 0.1) is 0 Å². The molecule has 2 heterocycles. The summed E-state index contributed by atoms with van der Waals surface area (Å²) >= 11 is 0. The van der Waals surface area contributed by atoms with Crippen molar-refractivity contribution in [3.05, 3.63) is 0 Å². The Labute approximate surface area is 96.0 Å². The number of carbonyl (C=O) groups excluding carboxylic acids is 1. The van der Waals surface area contributed by atoms with Crippen LogP contribution >= 0.6 is 12.4 Å². The first-order valence-electron chi connectivity index (χ1n) is 5.46. The Hall–Kier alpha value is -0.320. The number of nitrogens with two attached hydrogens (primary N) is 1. The van der Waals surface area contributed by atoms with Crippen molar-refractivity contribution in [2.45, 2.75) is 18.9 Å². The number of amides is 1. The van der Waals surface area contributed by atoms with Gasteiger partial charge < -0.3 is 16.0 Å². The largest absolute Gasteiger partial charge is 0.341 e. The Morgan fingerprint density at radius 2 is 2.20 bits per heavy atom.